The number of benzene rings is 2. The summed E-state index contributed by atoms with van der Waals surface area (Å²) in [6.45, 7) is 1.63. The summed E-state index contributed by atoms with van der Waals surface area (Å²) >= 11 is 0. The molecular weight excluding hydrogens is 274 g/mol. The molecule has 0 aliphatic heterocycles. The molecule has 108 valence electrons. The molecule has 7 nitrogen and oxygen atoms in total. The molecule has 2 aromatic carbocycles. The molecule has 0 spiro atoms. The number of hydrazone groups is 1. The van der Waals surface area contributed by atoms with Crippen LogP contribution in [0.25, 0.3) is 0 Å². The minimum atomic E-state index is -0.509. The van der Waals surface area contributed by atoms with Gasteiger partial charge in [-0.1, -0.05) is 12.1 Å². The lowest BCUT2D eigenvalue weighted by Gasteiger charge is -2.06. The van der Waals surface area contributed by atoms with Gasteiger partial charge in [0.15, 0.2) is 0 Å². The van der Waals surface area contributed by atoms with Crippen LogP contribution in [0.3, 0.4) is 0 Å². The van der Waals surface area contributed by atoms with Gasteiger partial charge in [-0.25, -0.2) is 0 Å². The van der Waals surface area contributed by atoms with E-state index < -0.39 is 4.92 Å². The second-order valence-electron chi connectivity index (χ2n) is 4.28. The van der Waals surface area contributed by atoms with E-state index >= 15 is 0 Å². The molecule has 0 aliphatic rings. The van der Waals surface area contributed by atoms with E-state index in [-0.39, 0.29) is 22.9 Å². The Labute approximate surface area is 120 Å². The van der Waals surface area contributed by atoms with Crippen molar-refractivity contribution in [3.8, 4) is 11.5 Å². The summed E-state index contributed by atoms with van der Waals surface area (Å²) in [7, 11) is 0. The van der Waals surface area contributed by atoms with Gasteiger partial charge in [-0.3, -0.25) is 15.5 Å². The van der Waals surface area contributed by atoms with Crippen LogP contribution in [-0.2, 0) is 0 Å². The molecule has 0 saturated carbocycles. The van der Waals surface area contributed by atoms with Crippen LogP contribution in [0.4, 0.5) is 11.4 Å². The largest absolute Gasteiger partial charge is 0.508 e. The number of anilines is 1. The second-order valence-corrected chi connectivity index (χ2v) is 4.28. The fourth-order valence-electron chi connectivity index (χ4n) is 1.76. The molecule has 2 rings (SSSR count). The highest BCUT2D eigenvalue weighted by molar-refractivity contribution is 6.01. The first-order valence-electron chi connectivity index (χ1n) is 6.05. The molecule has 0 atom stereocenters. The SMILES string of the molecule is C/C(=N\Nc1ccccc1[N+](=O)[O-])c1ccc(O)cc1O. The number of aromatic hydroxyl groups is 2. The lowest BCUT2D eigenvalue weighted by Crippen LogP contribution is -2.02. The summed E-state index contributed by atoms with van der Waals surface area (Å²) in [6.07, 6.45) is 0. The number of nitro benzene ring substituents is 1. The molecule has 3 N–H and O–H groups in total. The van der Waals surface area contributed by atoms with E-state index in [1.165, 1.54) is 30.3 Å². The Morgan fingerprint density at radius 1 is 1.24 bits per heavy atom. The van der Waals surface area contributed by atoms with Gasteiger partial charge in [-0.2, -0.15) is 5.10 Å². The van der Waals surface area contributed by atoms with Gasteiger partial charge in [0, 0.05) is 17.7 Å². The molecule has 21 heavy (non-hydrogen) atoms. The summed E-state index contributed by atoms with van der Waals surface area (Å²) in [6, 6.07) is 10.2. The predicted molar refractivity (Wildman–Crippen MR) is 78.7 cm³/mol. The Hall–Kier alpha value is -3.09. The van der Waals surface area contributed by atoms with Crippen LogP contribution in [0.1, 0.15) is 12.5 Å². The number of nitro groups is 1. The molecule has 0 unspecified atom stereocenters. The van der Waals surface area contributed by atoms with Gasteiger partial charge in [0.25, 0.3) is 5.69 Å². The minimum Gasteiger partial charge on any atom is -0.508 e. The molecule has 0 aliphatic carbocycles. The Kier molecular flexibility index (Phi) is 4.03. The van der Waals surface area contributed by atoms with Crippen molar-refractivity contribution in [3.63, 3.8) is 0 Å². The van der Waals surface area contributed by atoms with Crippen molar-refractivity contribution >= 4 is 17.1 Å². The Balaban J connectivity index is 2.27. The number of phenolic OH excluding ortho intramolecular Hbond substituents is 2. The van der Waals surface area contributed by atoms with Crippen LogP contribution in [0, 0.1) is 10.1 Å². The summed E-state index contributed by atoms with van der Waals surface area (Å²) in [5, 5.41) is 33.9. The fraction of sp³-hybridized carbons (Fsp3) is 0.0714. The second kappa shape index (κ2) is 5.91. The van der Waals surface area contributed by atoms with Gasteiger partial charge in [-0.15, -0.1) is 0 Å². The van der Waals surface area contributed by atoms with E-state index in [0.29, 0.717) is 11.3 Å². The lowest BCUT2D eigenvalue weighted by atomic mass is 10.1. The molecule has 0 bridgehead atoms. The molecule has 0 radical (unpaired) electrons. The highest BCUT2D eigenvalue weighted by atomic mass is 16.6. The third-order valence-electron chi connectivity index (χ3n) is 2.82. The zero-order valence-electron chi connectivity index (χ0n) is 11.1. The van der Waals surface area contributed by atoms with Crippen LogP contribution >= 0.6 is 0 Å². The highest BCUT2D eigenvalue weighted by Crippen LogP contribution is 2.25. The van der Waals surface area contributed by atoms with Crippen LogP contribution in [0.15, 0.2) is 47.6 Å². The standard InChI is InChI=1S/C14H13N3O4/c1-9(11-7-6-10(18)8-14(11)19)15-16-12-4-2-3-5-13(12)17(20)21/h2-8,16,18-19H,1H3/b15-9+. The van der Waals surface area contributed by atoms with E-state index in [1.807, 2.05) is 0 Å². The molecule has 0 saturated heterocycles. The summed E-state index contributed by atoms with van der Waals surface area (Å²) < 4.78 is 0. The quantitative estimate of drug-likeness (QED) is 0.455. The van der Waals surface area contributed by atoms with Crippen LogP contribution in [0.5, 0.6) is 11.5 Å². The van der Waals surface area contributed by atoms with E-state index in [0.717, 1.165) is 0 Å². The van der Waals surface area contributed by atoms with Gasteiger partial charge in [0.2, 0.25) is 0 Å². The number of nitrogens with zero attached hydrogens (tertiary/aromatic N) is 2. The van der Waals surface area contributed by atoms with Crippen molar-refractivity contribution in [2.75, 3.05) is 5.43 Å². The maximum absolute atomic E-state index is 10.9. The number of para-hydroxylation sites is 2. The first-order valence-corrected chi connectivity index (χ1v) is 6.05. The van der Waals surface area contributed by atoms with Crippen molar-refractivity contribution in [3.05, 3.63) is 58.1 Å². The van der Waals surface area contributed by atoms with Crippen LogP contribution in [0.2, 0.25) is 0 Å². The van der Waals surface area contributed by atoms with E-state index in [9.17, 15) is 20.3 Å². The average Bonchev–Trinajstić information content (AvgIpc) is 2.45. The normalized spacial score (nSPS) is 11.2. The molecular formula is C14H13N3O4. The smallest absolute Gasteiger partial charge is 0.294 e. The Bertz CT molecular complexity index is 713. The van der Waals surface area contributed by atoms with Crippen LogP contribution in [-0.4, -0.2) is 20.8 Å². The fourth-order valence-corrected chi connectivity index (χ4v) is 1.76. The number of rotatable bonds is 4. The van der Waals surface area contributed by atoms with Crippen molar-refractivity contribution in [2.24, 2.45) is 5.10 Å². The number of nitrogens with one attached hydrogen (secondary N) is 1. The third kappa shape index (κ3) is 3.27. The van der Waals surface area contributed by atoms with Gasteiger partial charge in [0.05, 0.1) is 10.6 Å². The average molecular weight is 287 g/mol. The highest BCUT2D eigenvalue weighted by Gasteiger charge is 2.12. The van der Waals surface area contributed by atoms with E-state index in [2.05, 4.69) is 10.5 Å². The van der Waals surface area contributed by atoms with Gasteiger partial charge < -0.3 is 10.2 Å². The van der Waals surface area contributed by atoms with Crippen molar-refractivity contribution in [1.29, 1.82) is 0 Å². The van der Waals surface area contributed by atoms with E-state index in [1.54, 1.807) is 19.1 Å². The zero-order chi connectivity index (χ0) is 15.4. The van der Waals surface area contributed by atoms with Gasteiger partial charge in [0.1, 0.15) is 17.2 Å². The number of hydrogen-bond acceptors (Lipinski definition) is 6. The van der Waals surface area contributed by atoms with Crippen LogP contribution < -0.4 is 5.43 Å². The summed E-state index contributed by atoms with van der Waals surface area (Å²) in [5.74, 6) is -0.184. The molecule has 0 fully saturated rings. The molecule has 7 heteroatoms. The number of phenols is 2. The Morgan fingerprint density at radius 3 is 2.62 bits per heavy atom. The molecule has 0 heterocycles. The van der Waals surface area contributed by atoms with E-state index in [4.69, 9.17) is 0 Å². The maximum atomic E-state index is 10.9. The first kappa shape index (κ1) is 14.3. The Morgan fingerprint density at radius 2 is 1.95 bits per heavy atom. The molecule has 2 aromatic rings. The number of hydrogen-bond donors (Lipinski definition) is 3. The van der Waals surface area contributed by atoms with Crippen molar-refractivity contribution in [1.82, 2.24) is 0 Å². The zero-order valence-corrected chi connectivity index (χ0v) is 11.1. The first-order chi connectivity index (χ1) is 9.99. The molecule has 0 aromatic heterocycles. The predicted octanol–water partition coefficient (Wildman–Crippen LogP) is 2.84. The third-order valence-corrected chi connectivity index (χ3v) is 2.82. The maximum Gasteiger partial charge on any atom is 0.294 e. The summed E-state index contributed by atoms with van der Waals surface area (Å²) in [5.41, 5.74) is 3.60. The monoisotopic (exact) mass is 287 g/mol. The lowest BCUT2D eigenvalue weighted by molar-refractivity contribution is -0.384. The molecule has 0 amide bonds. The van der Waals surface area contributed by atoms with Gasteiger partial charge >= 0.3 is 0 Å². The van der Waals surface area contributed by atoms with Gasteiger partial charge in [-0.05, 0) is 25.1 Å². The van der Waals surface area contributed by atoms with Crippen molar-refractivity contribution < 1.29 is 15.1 Å². The van der Waals surface area contributed by atoms with Crippen molar-refractivity contribution in [2.45, 2.75) is 6.92 Å². The summed E-state index contributed by atoms with van der Waals surface area (Å²) in [4.78, 5) is 10.4. The topological polar surface area (TPSA) is 108 Å². The minimum absolute atomic E-state index is 0.0595.